The highest BCUT2D eigenvalue weighted by atomic mass is 15.0. The first kappa shape index (κ1) is 10.7. The van der Waals surface area contributed by atoms with Crippen molar-refractivity contribution in [2.24, 2.45) is 17.1 Å². The van der Waals surface area contributed by atoms with Gasteiger partial charge in [-0.05, 0) is 30.6 Å². The van der Waals surface area contributed by atoms with Gasteiger partial charge in [-0.15, -0.1) is 0 Å². The summed E-state index contributed by atoms with van der Waals surface area (Å²) in [7, 11) is 0. The maximum Gasteiger partial charge on any atom is 0.126 e. The SMILES string of the molecule is C[C@@H]1CC(C)(C)C[C@](N)(c2ncc[nH]2)C1. The molecule has 2 rings (SSSR count). The van der Waals surface area contributed by atoms with E-state index in [1.54, 1.807) is 6.20 Å². The van der Waals surface area contributed by atoms with E-state index in [0.29, 0.717) is 11.3 Å². The fourth-order valence-electron chi connectivity index (χ4n) is 3.35. The first-order chi connectivity index (χ1) is 6.91. The Morgan fingerprint density at radius 1 is 1.47 bits per heavy atom. The third-order valence-electron chi connectivity index (χ3n) is 3.38. The molecular weight excluding hydrogens is 186 g/mol. The summed E-state index contributed by atoms with van der Waals surface area (Å²) in [5, 5.41) is 0. The zero-order chi connectivity index (χ0) is 11.1. The number of nitrogens with one attached hydrogen (secondary N) is 1. The molecule has 0 spiro atoms. The van der Waals surface area contributed by atoms with Crippen molar-refractivity contribution in [3.05, 3.63) is 18.2 Å². The minimum Gasteiger partial charge on any atom is -0.347 e. The monoisotopic (exact) mass is 207 g/mol. The topological polar surface area (TPSA) is 54.7 Å². The Hall–Kier alpha value is -0.830. The molecule has 0 unspecified atom stereocenters. The highest BCUT2D eigenvalue weighted by Crippen LogP contribution is 2.46. The molecule has 3 nitrogen and oxygen atoms in total. The van der Waals surface area contributed by atoms with E-state index in [4.69, 9.17) is 5.73 Å². The predicted molar refractivity (Wildman–Crippen MR) is 61.2 cm³/mol. The predicted octanol–water partition coefficient (Wildman–Crippen LogP) is 2.41. The number of nitrogens with zero attached hydrogens (tertiary/aromatic N) is 1. The second-order valence-corrected chi connectivity index (χ2v) is 5.95. The summed E-state index contributed by atoms with van der Waals surface area (Å²) in [5.41, 5.74) is 6.56. The van der Waals surface area contributed by atoms with Gasteiger partial charge in [-0.25, -0.2) is 4.98 Å². The Bertz CT molecular complexity index is 329. The molecule has 0 aromatic carbocycles. The lowest BCUT2D eigenvalue weighted by molar-refractivity contribution is 0.102. The Morgan fingerprint density at radius 2 is 2.20 bits per heavy atom. The smallest absolute Gasteiger partial charge is 0.126 e. The van der Waals surface area contributed by atoms with Crippen LogP contribution in [0.2, 0.25) is 0 Å². The normalized spacial score (nSPS) is 35.3. The molecule has 1 fully saturated rings. The summed E-state index contributed by atoms with van der Waals surface area (Å²) in [4.78, 5) is 7.50. The van der Waals surface area contributed by atoms with Crippen LogP contribution >= 0.6 is 0 Å². The van der Waals surface area contributed by atoms with Gasteiger partial charge in [0.2, 0.25) is 0 Å². The van der Waals surface area contributed by atoms with E-state index in [9.17, 15) is 0 Å². The summed E-state index contributed by atoms with van der Waals surface area (Å²) in [6, 6.07) is 0. The maximum absolute atomic E-state index is 6.50. The summed E-state index contributed by atoms with van der Waals surface area (Å²) in [6.07, 6.45) is 6.95. The van der Waals surface area contributed by atoms with E-state index >= 15 is 0 Å². The molecule has 15 heavy (non-hydrogen) atoms. The minimum atomic E-state index is -0.259. The molecule has 0 saturated heterocycles. The minimum absolute atomic E-state index is 0.259. The molecule has 3 N–H and O–H groups in total. The van der Waals surface area contributed by atoms with Gasteiger partial charge in [0.1, 0.15) is 5.82 Å². The Labute approximate surface area is 91.5 Å². The standard InChI is InChI=1S/C12H21N3/c1-9-6-11(2,3)8-12(13,7-9)10-14-4-5-15-10/h4-5,9H,6-8,13H2,1-3H3,(H,14,15)/t9-,12+/m1/s1. The molecule has 0 aliphatic heterocycles. The number of aromatic nitrogens is 2. The van der Waals surface area contributed by atoms with Crippen LogP contribution in [0.4, 0.5) is 0 Å². The molecule has 84 valence electrons. The van der Waals surface area contributed by atoms with Crippen LogP contribution < -0.4 is 5.73 Å². The fourth-order valence-corrected chi connectivity index (χ4v) is 3.35. The third-order valence-corrected chi connectivity index (χ3v) is 3.38. The van der Waals surface area contributed by atoms with E-state index in [1.165, 1.54) is 6.42 Å². The van der Waals surface area contributed by atoms with Crippen molar-refractivity contribution in [2.45, 2.75) is 45.6 Å². The quantitative estimate of drug-likeness (QED) is 0.743. The van der Waals surface area contributed by atoms with Gasteiger partial charge in [-0.3, -0.25) is 0 Å². The number of imidazole rings is 1. The van der Waals surface area contributed by atoms with Crippen molar-refractivity contribution in [3.63, 3.8) is 0 Å². The lowest BCUT2D eigenvalue weighted by Crippen LogP contribution is -2.47. The second kappa shape index (κ2) is 3.34. The second-order valence-electron chi connectivity index (χ2n) is 5.95. The first-order valence-corrected chi connectivity index (χ1v) is 5.70. The van der Waals surface area contributed by atoms with Crippen molar-refractivity contribution in [1.29, 1.82) is 0 Å². The van der Waals surface area contributed by atoms with E-state index in [1.807, 2.05) is 6.20 Å². The molecule has 1 aromatic heterocycles. The summed E-state index contributed by atoms with van der Waals surface area (Å²) in [6.45, 7) is 6.88. The van der Waals surface area contributed by atoms with Gasteiger partial charge in [0, 0.05) is 12.4 Å². The van der Waals surface area contributed by atoms with Gasteiger partial charge in [-0.1, -0.05) is 20.8 Å². The molecule has 2 atom stereocenters. The number of hydrogen-bond acceptors (Lipinski definition) is 2. The van der Waals surface area contributed by atoms with Crippen molar-refractivity contribution in [1.82, 2.24) is 9.97 Å². The van der Waals surface area contributed by atoms with Crippen molar-refractivity contribution < 1.29 is 0 Å². The molecule has 0 bridgehead atoms. The van der Waals surface area contributed by atoms with Gasteiger partial charge >= 0.3 is 0 Å². The highest BCUT2D eigenvalue weighted by Gasteiger charge is 2.42. The molecule has 0 amide bonds. The number of hydrogen-bond donors (Lipinski definition) is 2. The lowest BCUT2D eigenvalue weighted by atomic mass is 9.64. The molecule has 1 saturated carbocycles. The van der Waals surface area contributed by atoms with Gasteiger partial charge in [0.15, 0.2) is 0 Å². The van der Waals surface area contributed by atoms with E-state index in [2.05, 4.69) is 30.7 Å². The molecule has 0 radical (unpaired) electrons. The zero-order valence-corrected chi connectivity index (χ0v) is 9.88. The average molecular weight is 207 g/mol. The van der Waals surface area contributed by atoms with Gasteiger partial charge in [0.25, 0.3) is 0 Å². The molecule has 1 aliphatic rings. The molecule has 1 aromatic rings. The first-order valence-electron chi connectivity index (χ1n) is 5.70. The van der Waals surface area contributed by atoms with Crippen LogP contribution in [0.3, 0.4) is 0 Å². The molecule has 1 aliphatic carbocycles. The molecule has 1 heterocycles. The summed E-state index contributed by atoms with van der Waals surface area (Å²) < 4.78 is 0. The number of H-pyrrole nitrogens is 1. The van der Waals surface area contributed by atoms with Gasteiger partial charge < -0.3 is 10.7 Å². The van der Waals surface area contributed by atoms with Crippen LogP contribution in [0, 0.1) is 11.3 Å². The van der Waals surface area contributed by atoms with Crippen molar-refractivity contribution in [3.8, 4) is 0 Å². The average Bonchev–Trinajstić information content (AvgIpc) is 2.49. The number of aromatic amines is 1. The molecular formula is C12H21N3. The van der Waals surface area contributed by atoms with Crippen LogP contribution in [0.25, 0.3) is 0 Å². The van der Waals surface area contributed by atoms with Crippen LogP contribution in [-0.2, 0) is 5.54 Å². The maximum atomic E-state index is 6.50. The van der Waals surface area contributed by atoms with E-state index < -0.39 is 0 Å². The van der Waals surface area contributed by atoms with Gasteiger partial charge in [0.05, 0.1) is 5.54 Å². The Balaban J connectivity index is 2.28. The lowest BCUT2D eigenvalue weighted by Gasteiger charge is -2.44. The van der Waals surface area contributed by atoms with Gasteiger partial charge in [-0.2, -0.15) is 0 Å². The fraction of sp³-hybridized carbons (Fsp3) is 0.750. The molecule has 3 heteroatoms. The largest absolute Gasteiger partial charge is 0.347 e. The van der Waals surface area contributed by atoms with Crippen LogP contribution in [-0.4, -0.2) is 9.97 Å². The van der Waals surface area contributed by atoms with Crippen LogP contribution in [0.1, 0.15) is 45.9 Å². The van der Waals surface area contributed by atoms with Crippen LogP contribution in [0.15, 0.2) is 12.4 Å². The number of rotatable bonds is 1. The van der Waals surface area contributed by atoms with Crippen molar-refractivity contribution in [2.75, 3.05) is 0 Å². The van der Waals surface area contributed by atoms with E-state index in [0.717, 1.165) is 18.7 Å². The Morgan fingerprint density at radius 3 is 2.73 bits per heavy atom. The highest BCUT2D eigenvalue weighted by molar-refractivity contribution is 5.09. The number of nitrogens with two attached hydrogens (primary N) is 1. The van der Waals surface area contributed by atoms with E-state index in [-0.39, 0.29) is 5.54 Å². The summed E-state index contributed by atoms with van der Waals surface area (Å²) in [5.74, 6) is 1.62. The third kappa shape index (κ3) is 2.07. The summed E-state index contributed by atoms with van der Waals surface area (Å²) >= 11 is 0. The van der Waals surface area contributed by atoms with Crippen LogP contribution in [0.5, 0.6) is 0 Å². The van der Waals surface area contributed by atoms with Crippen molar-refractivity contribution >= 4 is 0 Å². The zero-order valence-electron chi connectivity index (χ0n) is 9.88. The Kier molecular flexibility index (Phi) is 2.38.